The lowest BCUT2D eigenvalue weighted by Crippen LogP contribution is -2.33. The molecule has 4 aromatic rings. The van der Waals surface area contributed by atoms with E-state index in [0.29, 0.717) is 16.9 Å². The van der Waals surface area contributed by atoms with Crippen molar-refractivity contribution in [2.45, 2.75) is 13.0 Å². The van der Waals surface area contributed by atoms with Crippen molar-refractivity contribution < 1.29 is 28.7 Å². The molecular weight excluding hydrogens is 490 g/mol. The molecule has 0 radical (unpaired) electrons. The lowest BCUT2D eigenvalue weighted by Gasteiger charge is -2.13. The molecule has 4 aromatic carbocycles. The highest BCUT2D eigenvalue weighted by atomic mass is 16.6. The first-order valence-electron chi connectivity index (χ1n) is 11.5. The van der Waals surface area contributed by atoms with E-state index < -0.39 is 22.9 Å². The number of methoxy groups -OCH3 is 1. The number of para-hydroxylation sites is 2. The van der Waals surface area contributed by atoms with Crippen molar-refractivity contribution in [1.82, 2.24) is 5.43 Å². The SMILES string of the molecule is COc1ccc(C(=O)Oc2ccc3ccccc3c2/C=N/NC(=O)C(C)Oc2ccccc2[N+](=O)[O-])cc1. The molecule has 1 amide bonds. The number of benzene rings is 4. The van der Waals surface area contributed by atoms with E-state index in [9.17, 15) is 19.7 Å². The van der Waals surface area contributed by atoms with Gasteiger partial charge in [0, 0.05) is 11.6 Å². The Labute approximate surface area is 217 Å². The van der Waals surface area contributed by atoms with Gasteiger partial charge in [-0.05, 0) is 54.1 Å². The third-order valence-electron chi connectivity index (χ3n) is 5.56. The molecule has 1 atom stereocenters. The van der Waals surface area contributed by atoms with Gasteiger partial charge < -0.3 is 14.2 Å². The average molecular weight is 514 g/mol. The lowest BCUT2D eigenvalue weighted by atomic mass is 10.0. The molecule has 0 fully saturated rings. The van der Waals surface area contributed by atoms with E-state index in [-0.39, 0.29) is 17.2 Å². The molecule has 0 aliphatic carbocycles. The van der Waals surface area contributed by atoms with Gasteiger partial charge in [0.1, 0.15) is 11.5 Å². The molecule has 1 N–H and O–H groups in total. The van der Waals surface area contributed by atoms with Crippen LogP contribution in [0, 0.1) is 10.1 Å². The van der Waals surface area contributed by atoms with Gasteiger partial charge in [0.2, 0.25) is 0 Å². The van der Waals surface area contributed by atoms with Crippen LogP contribution in [-0.4, -0.2) is 36.2 Å². The second-order valence-corrected chi connectivity index (χ2v) is 8.04. The number of rotatable bonds is 9. The van der Waals surface area contributed by atoms with E-state index in [2.05, 4.69) is 10.5 Å². The summed E-state index contributed by atoms with van der Waals surface area (Å²) in [6.45, 7) is 1.45. The summed E-state index contributed by atoms with van der Waals surface area (Å²) < 4.78 is 16.3. The summed E-state index contributed by atoms with van der Waals surface area (Å²) >= 11 is 0. The molecule has 0 saturated carbocycles. The molecule has 10 heteroatoms. The van der Waals surface area contributed by atoms with E-state index in [1.165, 1.54) is 38.4 Å². The van der Waals surface area contributed by atoms with Crippen molar-refractivity contribution in [2.75, 3.05) is 7.11 Å². The smallest absolute Gasteiger partial charge is 0.343 e. The number of carbonyl (C=O) groups is 2. The number of hydrogen-bond donors (Lipinski definition) is 1. The summed E-state index contributed by atoms with van der Waals surface area (Å²) in [5.41, 5.74) is 2.92. The Morgan fingerprint density at radius 3 is 2.39 bits per heavy atom. The quantitative estimate of drug-likeness (QED) is 0.111. The third kappa shape index (κ3) is 5.93. The number of ether oxygens (including phenoxy) is 3. The molecule has 10 nitrogen and oxygen atoms in total. The second-order valence-electron chi connectivity index (χ2n) is 8.04. The minimum atomic E-state index is -1.08. The van der Waals surface area contributed by atoms with Crippen molar-refractivity contribution in [3.8, 4) is 17.2 Å². The Hall–Kier alpha value is -5.25. The third-order valence-corrected chi connectivity index (χ3v) is 5.56. The summed E-state index contributed by atoms with van der Waals surface area (Å²) in [6, 6.07) is 23.1. The van der Waals surface area contributed by atoms with E-state index >= 15 is 0 Å². The van der Waals surface area contributed by atoms with Crippen molar-refractivity contribution in [1.29, 1.82) is 0 Å². The molecule has 0 aliphatic heterocycles. The Morgan fingerprint density at radius 2 is 1.66 bits per heavy atom. The first kappa shape index (κ1) is 25.8. The molecule has 0 saturated heterocycles. The van der Waals surface area contributed by atoms with Crippen molar-refractivity contribution in [3.63, 3.8) is 0 Å². The minimum absolute atomic E-state index is 0.0362. The van der Waals surface area contributed by atoms with Crippen LogP contribution < -0.4 is 19.6 Å². The maximum absolute atomic E-state index is 12.8. The maximum Gasteiger partial charge on any atom is 0.343 e. The summed E-state index contributed by atoms with van der Waals surface area (Å²) in [5.74, 6) is -0.391. The molecule has 0 aromatic heterocycles. The summed E-state index contributed by atoms with van der Waals surface area (Å²) in [4.78, 5) is 36.0. The van der Waals surface area contributed by atoms with Crippen LogP contribution in [0.5, 0.6) is 17.2 Å². The van der Waals surface area contributed by atoms with Crippen molar-refractivity contribution >= 4 is 34.6 Å². The van der Waals surface area contributed by atoms with Crippen LogP contribution in [0.3, 0.4) is 0 Å². The predicted octanol–water partition coefficient (Wildman–Crippen LogP) is 4.89. The fourth-order valence-electron chi connectivity index (χ4n) is 3.59. The van der Waals surface area contributed by atoms with Gasteiger partial charge in [0.25, 0.3) is 5.91 Å². The monoisotopic (exact) mass is 513 g/mol. The molecule has 0 heterocycles. The Morgan fingerprint density at radius 1 is 0.947 bits per heavy atom. The summed E-state index contributed by atoms with van der Waals surface area (Å²) in [5, 5.41) is 16.8. The fourth-order valence-corrected chi connectivity index (χ4v) is 3.59. The zero-order valence-corrected chi connectivity index (χ0v) is 20.5. The number of amides is 1. The van der Waals surface area contributed by atoms with E-state index in [0.717, 1.165) is 10.8 Å². The second kappa shape index (κ2) is 11.7. The first-order chi connectivity index (χ1) is 18.4. The van der Waals surface area contributed by atoms with Crippen LogP contribution >= 0.6 is 0 Å². The highest BCUT2D eigenvalue weighted by Crippen LogP contribution is 2.28. The number of fused-ring (bicyclic) bond motifs is 1. The number of nitro benzene ring substituents is 1. The average Bonchev–Trinajstić information content (AvgIpc) is 2.94. The van der Waals surface area contributed by atoms with E-state index in [1.807, 2.05) is 30.3 Å². The van der Waals surface area contributed by atoms with Crippen LogP contribution in [0.2, 0.25) is 0 Å². The van der Waals surface area contributed by atoms with Gasteiger partial charge in [-0.1, -0.05) is 42.5 Å². The number of nitro groups is 1. The van der Waals surface area contributed by atoms with Crippen LogP contribution in [0.4, 0.5) is 5.69 Å². The van der Waals surface area contributed by atoms with E-state index in [1.54, 1.807) is 36.4 Å². The zero-order chi connectivity index (χ0) is 27.1. The molecule has 192 valence electrons. The molecular formula is C28H23N3O7. The van der Waals surface area contributed by atoms with Gasteiger partial charge in [0.15, 0.2) is 11.9 Å². The molecule has 4 rings (SSSR count). The van der Waals surface area contributed by atoms with Gasteiger partial charge >= 0.3 is 11.7 Å². The molecule has 0 bridgehead atoms. The topological polar surface area (TPSA) is 129 Å². The Kier molecular flexibility index (Phi) is 7.92. The number of esters is 1. The largest absolute Gasteiger partial charge is 0.497 e. The van der Waals surface area contributed by atoms with Crippen LogP contribution in [-0.2, 0) is 4.79 Å². The maximum atomic E-state index is 12.8. The molecule has 0 spiro atoms. The lowest BCUT2D eigenvalue weighted by molar-refractivity contribution is -0.386. The standard InChI is InChI=1S/C28H23N3O7/c1-18(37-26-10-6-5-9-24(26)31(34)35)27(32)30-29-17-23-22-8-4-3-7-19(22)13-16-25(23)38-28(33)20-11-14-21(36-2)15-12-20/h3-18H,1-2H3,(H,30,32)/b29-17+. The summed E-state index contributed by atoms with van der Waals surface area (Å²) in [6.07, 6.45) is 0.294. The number of hydrazone groups is 1. The number of carbonyl (C=O) groups excluding carboxylic acids is 2. The van der Waals surface area contributed by atoms with E-state index in [4.69, 9.17) is 14.2 Å². The van der Waals surface area contributed by atoms with Gasteiger partial charge in [-0.3, -0.25) is 14.9 Å². The molecule has 38 heavy (non-hydrogen) atoms. The fraction of sp³-hybridized carbons (Fsp3) is 0.107. The van der Waals surface area contributed by atoms with Gasteiger partial charge in [-0.25, -0.2) is 10.2 Å². The number of hydrogen-bond acceptors (Lipinski definition) is 8. The molecule has 0 aliphatic rings. The predicted molar refractivity (Wildman–Crippen MR) is 141 cm³/mol. The van der Waals surface area contributed by atoms with Gasteiger partial charge in [0.05, 0.1) is 23.8 Å². The highest BCUT2D eigenvalue weighted by Gasteiger charge is 2.20. The van der Waals surface area contributed by atoms with Gasteiger partial charge in [-0.15, -0.1) is 0 Å². The van der Waals surface area contributed by atoms with Crippen molar-refractivity contribution in [3.05, 3.63) is 106 Å². The Bertz CT molecular complexity index is 1520. The van der Waals surface area contributed by atoms with Crippen LogP contribution in [0.15, 0.2) is 90.0 Å². The first-order valence-corrected chi connectivity index (χ1v) is 11.5. The number of nitrogens with zero attached hydrogens (tertiary/aromatic N) is 2. The van der Waals surface area contributed by atoms with Crippen LogP contribution in [0.1, 0.15) is 22.8 Å². The Balaban J connectivity index is 1.53. The normalized spacial score (nSPS) is 11.6. The van der Waals surface area contributed by atoms with Crippen LogP contribution in [0.25, 0.3) is 10.8 Å². The van der Waals surface area contributed by atoms with Crippen molar-refractivity contribution in [2.24, 2.45) is 5.10 Å². The zero-order valence-electron chi connectivity index (χ0n) is 20.5. The summed E-state index contributed by atoms with van der Waals surface area (Å²) in [7, 11) is 1.53. The molecule has 1 unspecified atom stereocenters. The number of nitrogens with one attached hydrogen (secondary N) is 1. The van der Waals surface area contributed by atoms with Gasteiger partial charge in [-0.2, -0.15) is 5.10 Å². The highest BCUT2D eigenvalue weighted by molar-refractivity contribution is 6.04. The minimum Gasteiger partial charge on any atom is -0.497 e.